The maximum Gasteiger partial charge on any atom is 0.328 e. The Hall–Kier alpha value is -1.62. The number of hydrogen-bond donors (Lipinski definition) is 0. The van der Waals surface area contributed by atoms with Crippen molar-refractivity contribution in [2.75, 3.05) is 13.7 Å². The van der Waals surface area contributed by atoms with Gasteiger partial charge in [-0.15, -0.1) is 0 Å². The highest BCUT2D eigenvalue weighted by Gasteiger charge is 2.38. The molecule has 20 heavy (non-hydrogen) atoms. The van der Waals surface area contributed by atoms with Gasteiger partial charge in [-0.2, -0.15) is 0 Å². The van der Waals surface area contributed by atoms with E-state index in [1.807, 2.05) is 0 Å². The largest absolute Gasteiger partial charge is 0.467 e. The average Bonchev–Trinajstić information content (AvgIpc) is 2.94. The molecule has 0 spiro atoms. The van der Waals surface area contributed by atoms with Crippen LogP contribution in [0.25, 0.3) is 0 Å². The molecule has 0 bridgehead atoms. The Morgan fingerprint density at radius 3 is 2.80 bits per heavy atom. The van der Waals surface area contributed by atoms with Crippen LogP contribution in [-0.2, 0) is 14.3 Å². The van der Waals surface area contributed by atoms with Crippen molar-refractivity contribution in [1.82, 2.24) is 4.90 Å². The van der Waals surface area contributed by atoms with E-state index >= 15 is 0 Å². The quantitative estimate of drug-likeness (QED) is 0.806. The predicted molar refractivity (Wildman–Crippen MR) is 72.1 cm³/mol. The minimum atomic E-state index is -1.87. The number of alkyl halides is 1. The van der Waals surface area contributed by atoms with Crippen LogP contribution in [0.15, 0.2) is 24.3 Å². The van der Waals surface area contributed by atoms with Gasteiger partial charge in [-0.1, -0.05) is 29.8 Å². The first-order valence-corrected chi connectivity index (χ1v) is 6.71. The molecule has 1 aromatic rings. The van der Waals surface area contributed by atoms with E-state index in [2.05, 4.69) is 4.74 Å². The second-order valence-electron chi connectivity index (χ2n) is 4.60. The van der Waals surface area contributed by atoms with E-state index in [1.54, 1.807) is 12.1 Å². The molecule has 0 aromatic heterocycles. The molecule has 4 nitrogen and oxygen atoms in total. The normalized spacial score (nSPS) is 19.8. The molecule has 1 aliphatic heterocycles. The Kier molecular flexibility index (Phi) is 4.60. The summed E-state index contributed by atoms with van der Waals surface area (Å²) in [5.74, 6) is -1.26. The maximum absolute atomic E-state index is 14.4. The van der Waals surface area contributed by atoms with E-state index in [-0.39, 0.29) is 10.6 Å². The van der Waals surface area contributed by atoms with Crippen molar-refractivity contribution < 1.29 is 18.7 Å². The van der Waals surface area contributed by atoms with E-state index in [0.717, 1.165) is 0 Å². The lowest BCUT2D eigenvalue weighted by Crippen LogP contribution is -2.42. The number of amides is 1. The highest BCUT2D eigenvalue weighted by Crippen LogP contribution is 2.30. The standard InChI is InChI=1S/C14H15ClFNO3/c1-20-14(19)11-7-4-8-17(11)13(18)12(16)9-5-2-3-6-10(9)15/h2-3,5-6,11-12H,4,7-8H2,1H3. The number of hydrogen-bond acceptors (Lipinski definition) is 3. The summed E-state index contributed by atoms with van der Waals surface area (Å²) in [6, 6.07) is 5.57. The van der Waals surface area contributed by atoms with Crippen molar-refractivity contribution in [1.29, 1.82) is 0 Å². The van der Waals surface area contributed by atoms with Gasteiger partial charge in [0, 0.05) is 17.1 Å². The predicted octanol–water partition coefficient (Wildman–Crippen LogP) is 2.51. The lowest BCUT2D eigenvalue weighted by atomic mass is 10.1. The number of esters is 1. The van der Waals surface area contributed by atoms with E-state index in [9.17, 15) is 14.0 Å². The van der Waals surface area contributed by atoms with Crippen molar-refractivity contribution in [3.05, 3.63) is 34.9 Å². The van der Waals surface area contributed by atoms with E-state index in [0.29, 0.717) is 19.4 Å². The Balaban J connectivity index is 2.18. The zero-order valence-electron chi connectivity index (χ0n) is 11.0. The molecule has 0 N–H and O–H groups in total. The molecule has 1 aromatic carbocycles. The van der Waals surface area contributed by atoms with Crippen LogP contribution in [0.4, 0.5) is 4.39 Å². The molecular formula is C14H15ClFNO3. The lowest BCUT2D eigenvalue weighted by molar-refractivity contribution is -0.152. The molecule has 2 unspecified atom stereocenters. The van der Waals surface area contributed by atoms with E-state index in [1.165, 1.54) is 24.1 Å². The third-order valence-corrected chi connectivity index (χ3v) is 3.75. The van der Waals surface area contributed by atoms with Crippen molar-refractivity contribution in [3.63, 3.8) is 0 Å². The molecule has 1 saturated heterocycles. The summed E-state index contributed by atoms with van der Waals surface area (Å²) in [5, 5.41) is 0.196. The Morgan fingerprint density at radius 2 is 2.15 bits per heavy atom. The summed E-state index contributed by atoms with van der Waals surface area (Å²) in [4.78, 5) is 25.0. The van der Waals surface area contributed by atoms with Crippen molar-refractivity contribution in [2.45, 2.75) is 25.1 Å². The fraction of sp³-hybridized carbons (Fsp3) is 0.429. The third kappa shape index (κ3) is 2.77. The second kappa shape index (κ2) is 6.22. The monoisotopic (exact) mass is 299 g/mol. The highest BCUT2D eigenvalue weighted by atomic mass is 35.5. The lowest BCUT2D eigenvalue weighted by Gasteiger charge is -2.24. The fourth-order valence-corrected chi connectivity index (χ4v) is 2.60. The number of benzene rings is 1. The zero-order chi connectivity index (χ0) is 14.7. The van der Waals surface area contributed by atoms with Crippen LogP contribution in [0.3, 0.4) is 0 Å². The van der Waals surface area contributed by atoms with Crippen LogP contribution in [0.1, 0.15) is 24.6 Å². The summed E-state index contributed by atoms with van der Waals surface area (Å²) in [5.41, 5.74) is 0.120. The molecule has 0 aliphatic carbocycles. The molecule has 2 atom stereocenters. The molecule has 1 aliphatic rings. The molecule has 108 valence electrons. The summed E-state index contributed by atoms with van der Waals surface area (Å²) < 4.78 is 19.0. The molecular weight excluding hydrogens is 285 g/mol. The summed E-state index contributed by atoms with van der Waals surface area (Å²) in [6.45, 7) is 0.351. The molecule has 0 radical (unpaired) electrons. The first kappa shape index (κ1) is 14.8. The van der Waals surface area contributed by atoms with Gasteiger partial charge < -0.3 is 9.64 Å². The van der Waals surface area contributed by atoms with Crippen LogP contribution < -0.4 is 0 Å². The van der Waals surface area contributed by atoms with Crippen LogP contribution in [0, 0.1) is 0 Å². The number of methoxy groups -OCH3 is 1. The Labute approximate surface area is 121 Å². The van der Waals surface area contributed by atoms with Gasteiger partial charge in [-0.05, 0) is 18.9 Å². The molecule has 1 fully saturated rings. The van der Waals surface area contributed by atoms with Gasteiger partial charge in [0.1, 0.15) is 6.04 Å². The number of halogens is 2. The number of carbonyl (C=O) groups is 2. The van der Waals surface area contributed by atoms with Crippen LogP contribution in [0.5, 0.6) is 0 Å². The third-order valence-electron chi connectivity index (χ3n) is 3.40. The Morgan fingerprint density at radius 1 is 1.45 bits per heavy atom. The summed E-state index contributed by atoms with van der Waals surface area (Å²) in [6.07, 6.45) is -0.719. The van der Waals surface area contributed by atoms with E-state index < -0.39 is 24.1 Å². The number of rotatable bonds is 3. The minimum absolute atomic E-state index is 0.120. The topological polar surface area (TPSA) is 46.6 Å². The minimum Gasteiger partial charge on any atom is -0.467 e. The van der Waals surface area contributed by atoms with Gasteiger partial charge in [0.15, 0.2) is 0 Å². The SMILES string of the molecule is COC(=O)C1CCCN1C(=O)C(F)c1ccccc1Cl. The second-order valence-corrected chi connectivity index (χ2v) is 5.00. The molecule has 2 rings (SSSR count). The first-order chi connectivity index (χ1) is 9.56. The van der Waals surface area contributed by atoms with Crippen LogP contribution in [-0.4, -0.2) is 36.5 Å². The Bertz CT molecular complexity index is 523. The van der Waals surface area contributed by atoms with Gasteiger partial charge in [-0.25, -0.2) is 9.18 Å². The number of carbonyl (C=O) groups excluding carboxylic acids is 2. The summed E-state index contributed by atoms with van der Waals surface area (Å²) >= 11 is 5.89. The van der Waals surface area contributed by atoms with Crippen molar-refractivity contribution in [3.8, 4) is 0 Å². The van der Waals surface area contributed by atoms with Crippen molar-refractivity contribution in [2.24, 2.45) is 0 Å². The number of nitrogens with zero attached hydrogens (tertiary/aromatic N) is 1. The first-order valence-electron chi connectivity index (χ1n) is 6.33. The maximum atomic E-state index is 14.4. The van der Waals surface area contributed by atoms with Gasteiger partial charge in [-0.3, -0.25) is 4.79 Å². The fourth-order valence-electron chi connectivity index (χ4n) is 2.37. The summed E-state index contributed by atoms with van der Waals surface area (Å²) in [7, 11) is 1.25. The molecule has 1 amide bonds. The smallest absolute Gasteiger partial charge is 0.328 e. The highest BCUT2D eigenvalue weighted by molar-refractivity contribution is 6.31. The number of ether oxygens (including phenoxy) is 1. The number of likely N-dealkylation sites (tertiary alicyclic amines) is 1. The van der Waals surface area contributed by atoms with E-state index in [4.69, 9.17) is 11.6 Å². The molecule has 0 saturated carbocycles. The van der Waals surface area contributed by atoms with Gasteiger partial charge in [0.05, 0.1) is 7.11 Å². The van der Waals surface area contributed by atoms with Gasteiger partial charge in [0.25, 0.3) is 5.91 Å². The van der Waals surface area contributed by atoms with Crippen LogP contribution >= 0.6 is 11.6 Å². The molecule has 6 heteroatoms. The van der Waals surface area contributed by atoms with Gasteiger partial charge in [0.2, 0.25) is 6.17 Å². The zero-order valence-corrected chi connectivity index (χ0v) is 11.8. The molecule has 1 heterocycles. The van der Waals surface area contributed by atoms with Crippen molar-refractivity contribution >= 4 is 23.5 Å². The average molecular weight is 300 g/mol. The van der Waals surface area contributed by atoms with Gasteiger partial charge >= 0.3 is 5.97 Å². The van der Waals surface area contributed by atoms with Crippen LogP contribution in [0.2, 0.25) is 5.02 Å².